The number of hydrogen-bond acceptors (Lipinski definition) is 6. The summed E-state index contributed by atoms with van der Waals surface area (Å²) in [7, 11) is 1.59. The maximum atomic E-state index is 12.8. The van der Waals surface area contributed by atoms with E-state index in [4.69, 9.17) is 13.6 Å². The smallest absolute Gasteiger partial charge is 0.227 e. The number of aromatic hydroxyl groups is 1. The Hall–Kier alpha value is -4.06. The molecule has 0 aliphatic carbocycles. The van der Waals surface area contributed by atoms with Crippen molar-refractivity contribution in [3.63, 3.8) is 0 Å². The fraction of sp³-hybridized carbons (Fsp3) is 0.154. The third-order valence-electron chi connectivity index (χ3n) is 5.80. The van der Waals surface area contributed by atoms with Gasteiger partial charge in [-0.3, -0.25) is 4.79 Å². The first-order chi connectivity index (χ1) is 15.5. The molecule has 160 valence electrons. The van der Waals surface area contributed by atoms with Gasteiger partial charge in [0.1, 0.15) is 11.5 Å². The zero-order valence-corrected chi connectivity index (χ0v) is 17.9. The highest BCUT2D eigenvalue weighted by molar-refractivity contribution is 5.99. The molecule has 0 spiro atoms. The predicted octanol–water partition coefficient (Wildman–Crippen LogP) is 4.20. The summed E-state index contributed by atoms with van der Waals surface area (Å²) in [6.07, 6.45) is 3.14. The standard InChI is InChI=1S/C26H21NO5/c1-14-21(15(2)28)23(22-18-9-5-4-7-16(18)10-11-19(22)30-3)24-25(29)20(32-26(24)27-14)13-17-8-6-12-31-17/h4-13,23,29H,1-3H3. The van der Waals surface area contributed by atoms with Gasteiger partial charge in [-0.15, -0.1) is 0 Å². The molecule has 4 aromatic rings. The van der Waals surface area contributed by atoms with Gasteiger partial charge in [-0.1, -0.05) is 30.3 Å². The molecule has 3 heterocycles. The topological polar surface area (TPSA) is 85.2 Å². The number of fused-ring (bicyclic) bond motifs is 2. The number of ether oxygens (including phenoxy) is 1. The van der Waals surface area contributed by atoms with Crippen LogP contribution in [0.1, 0.15) is 36.7 Å². The maximum Gasteiger partial charge on any atom is 0.227 e. The molecule has 5 rings (SSSR count). The molecule has 32 heavy (non-hydrogen) atoms. The predicted molar refractivity (Wildman–Crippen MR) is 119 cm³/mol. The highest BCUT2D eigenvalue weighted by Crippen LogP contribution is 2.45. The highest BCUT2D eigenvalue weighted by Gasteiger charge is 2.36. The fourth-order valence-electron chi connectivity index (χ4n) is 4.45. The number of carbonyl (C=O) groups excluding carboxylic acids is 1. The zero-order chi connectivity index (χ0) is 22.4. The van der Waals surface area contributed by atoms with Gasteiger partial charge in [-0.05, 0) is 42.8 Å². The van der Waals surface area contributed by atoms with Gasteiger partial charge >= 0.3 is 0 Å². The van der Waals surface area contributed by atoms with E-state index in [0.717, 1.165) is 16.3 Å². The second kappa shape index (κ2) is 7.57. The number of benzene rings is 2. The van der Waals surface area contributed by atoms with Crippen LogP contribution in [-0.2, 0) is 4.79 Å². The van der Waals surface area contributed by atoms with E-state index in [0.29, 0.717) is 28.3 Å². The molecule has 1 N–H and O–H groups in total. The summed E-state index contributed by atoms with van der Waals surface area (Å²) >= 11 is 0. The Morgan fingerprint density at radius 3 is 2.66 bits per heavy atom. The number of carbonyl (C=O) groups is 1. The quantitative estimate of drug-likeness (QED) is 0.528. The first-order valence-electron chi connectivity index (χ1n) is 10.2. The van der Waals surface area contributed by atoms with E-state index in [2.05, 4.69) is 4.99 Å². The SMILES string of the molecule is COc1ccc2ccccc2c1C1C(C(C)=O)=C(C)N=c2oc(=Cc3ccco3)c(O)c21. The zero-order valence-electron chi connectivity index (χ0n) is 17.9. The van der Waals surface area contributed by atoms with Crippen LogP contribution in [0.3, 0.4) is 0 Å². The summed E-state index contributed by atoms with van der Waals surface area (Å²) in [6, 6.07) is 15.2. The molecule has 1 unspecified atom stereocenters. The van der Waals surface area contributed by atoms with Gasteiger partial charge in [-0.25, -0.2) is 4.99 Å². The summed E-state index contributed by atoms with van der Waals surface area (Å²) in [5.74, 6) is 0.330. The fourth-order valence-corrected chi connectivity index (χ4v) is 4.45. The van der Waals surface area contributed by atoms with Gasteiger partial charge in [0.05, 0.1) is 24.9 Å². The Balaban J connectivity index is 1.88. The Kier molecular flexibility index (Phi) is 4.70. The van der Waals surface area contributed by atoms with Crippen LogP contribution in [-0.4, -0.2) is 18.0 Å². The van der Waals surface area contributed by atoms with Crippen molar-refractivity contribution < 1.29 is 23.5 Å². The molecule has 1 atom stereocenters. The second-order valence-electron chi connectivity index (χ2n) is 7.70. The molecule has 6 heteroatoms. The third-order valence-corrected chi connectivity index (χ3v) is 5.80. The van der Waals surface area contributed by atoms with E-state index in [1.807, 2.05) is 36.4 Å². The number of allylic oxidation sites excluding steroid dienone is 2. The Labute approximate surface area is 183 Å². The molecule has 1 aliphatic heterocycles. The lowest BCUT2D eigenvalue weighted by atomic mass is 9.79. The van der Waals surface area contributed by atoms with Crippen molar-refractivity contribution in [1.82, 2.24) is 0 Å². The molecule has 0 bridgehead atoms. The van der Waals surface area contributed by atoms with Crippen LogP contribution in [0.25, 0.3) is 16.8 Å². The van der Waals surface area contributed by atoms with Crippen LogP contribution in [0, 0.1) is 0 Å². The molecule has 0 saturated heterocycles. The minimum absolute atomic E-state index is 0.0774. The molecule has 2 aromatic carbocycles. The van der Waals surface area contributed by atoms with E-state index in [9.17, 15) is 9.90 Å². The lowest BCUT2D eigenvalue weighted by Gasteiger charge is -2.25. The number of rotatable bonds is 4. The molecule has 0 fully saturated rings. The normalized spacial score (nSPS) is 16.2. The molecular weight excluding hydrogens is 406 g/mol. The lowest BCUT2D eigenvalue weighted by molar-refractivity contribution is -0.113. The van der Waals surface area contributed by atoms with Crippen LogP contribution in [0.5, 0.6) is 11.5 Å². The van der Waals surface area contributed by atoms with Gasteiger partial charge < -0.3 is 18.7 Å². The van der Waals surface area contributed by atoms with Crippen molar-refractivity contribution in [2.45, 2.75) is 19.8 Å². The summed E-state index contributed by atoms with van der Waals surface area (Å²) in [6.45, 7) is 3.29. The van der Waals surface area contributed by atoms with Crippen molar-refractivity contribution in [2.75, 3.05) is 7.11 Å². The number of hydrogen-bond donors (Lipinski definition) is 1. The van der Waals surface area contributed by atoms with Crippen molar-refractivity contribution >= 4 is 22.6 Å². The van der Waals surface area contributed by atoms with Crippen LogP contribution in [0.2, 0.25) is 0 Å². The number of methoxy groups -OCH3 is 1. The molecular formula is C26H21NO5. The maximum absolute atomic E-state index is 12.8. The summed E-state index contributed by atoms with van der Waals surface area (Å²) in [5.41, 5.74) is 2.74. The van der Waals surface area contributed by atoms with E-state index in [-0.39, 0.29) is 22.5 Å². The van der Waals surface area contributed by atoms with Crippen molar-refractivity contribution in [3.05, 3.63) is 93.9 Å². The van der Waals surface area contributed by atoms with Gasteiger partial charge in [0, 0.05) is 22.9 Å². The molecule has 2 aromatic heterocycles. The summed E-state index contributed by atoms with van der Waals surface area (Å²) in [4.78, 5) is 17.3. The molecule has 6 nitrogen and oxygen atoms in total. The monoisotopic (exact) mass is 427 g/mol. The molecule has 0 amide bonds. The van der Waals surface area contributed by atoms with Crippen LogP contribution in [0.4, 0.5) is 0 Å². The summed E-state index contributed by atoms with van der Waals surface area (Å²) in [5, 5.41) is 13.1. The van der Waals surface area contributed by atoms with Gasteiger partial charge in [0.2, 0.25) is 5.55 Å². The second-order valence-corrected chi connectivity index (χ2v) is 7.70. The first-order valence-corrected chi connectivity index (χ1v) is 10.2. The average molecular weight is 427 g/mol. The highest BCUT2D eigenvalue weighted by atomic mass is 16.5. The Morgan fingerprint density at radius 2 is 1.94 bits per heavy atom. The minimum Gasteiger partial charge on any atom is -0.504 e. The number of ketones is 1. The van der Waals surface area contributed by atoms with Crippen molar-refractivity contribution in [1.29, 1.82) is 0 Å². The van der Waals surface area contributed by atoms with Crippen molar-refractivity contribution in [3.8, 4) is 11.5 Å². The van der Waals surface area contributed by atoms with E-state index in [1.54, 1.807) is 38.5 Å². The van der Waals surface area contributed by atoms with E-state index in [1.165, 1.54) is 6.92 Å². The van der Waals surface area contributed by atoms with Gasteiger partial charge in [0.15, 0.2) is 16.9 Å². The molecule has 0 radical (unpaired) electrons. The van der Waals surface area contributed by atoms with Crippen LogP contribution in [0.15, 0.2) is 79.9 Å². The minimum atomic E-state index is -0.608. The first kappa shape index (κ1) is 19.9. The van der Waals surface area contributed by atoms with Gasteiger partial charge in [0.25, 0.3) is 0 Å². The molecule has 0 saturated carbocycles. The lowest BCUT2D eigenvalue weighted by Crippen LogP contribution is -2.23. The number of nitrogens with zero attached hydrogens (tertiary/aromatic N) is 1. The molecule has 1 aliphatic rings. The number of furan rings is 2. The summed E-state index contributed by atoms with van der Waals surface area (Å²) < 4.78 is 17.0. The van der Waals surface area contributed by atoms with E-state index >= 15 is 0 Å². The number of Topliss-reactive ketones (excluding diaryl/α,β-unsaturated/α-hetero) is 1. The van der Waals surface area contributed by atoms with Crippen LogP contribution < -0.4 is 15.7 Å². The average Bonchev–Trinajstić information content (AvgIpc) is 3.40. The van der Waals surface area contributed by atoms with Gasteiger partial charge in [-0.2, -0.15) is 0 Å². The Morgan fingerprint density at radius 1 is 1.12 bits per heavy atom. The van der Waals surface area contributed by atoms with Crippen LogP contribution >= 0.6 is 0 Å². The van der Waals surface area contributed by atoms with E-state index < -0.39 is 5.92 Å². The Bertz CT molecular complexity index is 1510. The van der Waals surface area contributed by atoms with Crippen molar-refractivity contribution in [2.24, 2.45) is 4.99 Å². The largest absolute Gasteiger partial charge is 0.504 e. The third kappa shape index (κ3) is 3.03.